The summed E-state index contributed by atoms with van der Waals surface area (Å²) >= 11 is 3.20. The van der Waals surface area contributed by atoms with Crippen molar-refractivity contribution < 1.29 is 13.9 Å². The summed E-state index contributed by atoms with van der Waals surface area (Å²) in [6.07, 6.45) is 1.79. The van der Waals surface area contributed by atoms with E-state index in [1.807, 2.05) is 81.4 Å². The van der Waals surface area contributed by atoms with E-state index in [-0.39, 0.29) is 6.42 Å². The first-order valence-corrected chi connectivity index (χ1v) is 10.1. The standard InChI is InChI=1S/C23H23BrN2O3/c1-23(2,3)29-21(27)19(14-18-15-28-22(24)25-18)26-20(16-10-6-4-7-11-16)17-12-8-5-9-13-17/h4-13,15,19H,14H2,1-3H3/t19-/m0/s1. The Morgan fingerprint density at radius 3 is 2.07 bits per heavy atom. The van der Waals surface area contributed by atoms with E-state index in [0.717, 1.165) is 16.8 Å². The van der Waals surface area contributed by atoms with Crippen molar-refractivity contribution in [2.75, 3.05) is 0 Å². The van der Waals surface area contributed by atoms with Crippen LogP contribution in [0.5, 0.6) is 0 Å². The number of aromatic nitrogens is 1. The van der Waals surface area contributed by atoms with E-state index in [0.29, 0.717) is 10.5 Å². The van der Waals surface area contributed by atoms with Gasteiger partial charge in [0.25, 0.3) is 4.80 Å². The van der Waals surface area contributed by atoms with E-state index in [9.17, 15) is 4.79 Å². The third kappa shape index (κ3) is 6.12. The summed E-state index contributed by atoms with van der Waals surface area (Å²) in [6.45, 7) is 5.52. The van der Waals surface area contributed by atoms with E-state index in [4.69, 9.17) is 14.1 Å². The number of rotatable bonds is 6. The first kappa shape index (κ1) is 21.0. The molecule has 1 aromatic heterocycles. The number of esters is 1. The summed E-state index contributed by atoms with van der Waals surface area (Å²) in [7, 11) is 0. The first-order chi connectivity index (χ1) is 13.8. The average Bonchev–Trinajstić information content (AvgIpc) is 3.10. The summed E-state index contributed by atoms with van der Waals surface area (Å²) < 4.78 is 10.9. The molecule has 0 unspecified atom stereocenters. The van der Waals surface area contributed by atoms with Crippen LogP contribution in [-0.4, -0.2) is 28.3 Å². The van der Waals surface area contributed by atoms with Gasteiger partial charge in [0.2, 0.25) is 0 Å². The van der Waals surface area contributed by atoms with Crippen LogP contribution in [0.3, 0.4) is 0 Å². The van der Waals surface area contributed by atoms with E-state index in [1.54, 1.807) is 0 Å². The number of carbonyl (C=O) groups is 1. The molecular formula is C23H23BrN2O3. The third-order valence-electron chi connectivity index (χ3n) is 3.98. The number of nitrogens with zero attached hydrogens (tertiary/aromatic N) is 2. The topological polar surface area (TPSA) is 64.7 Å². The minimum absolute atomic E-state index is 0.271. The molecule has 5 nitrogen and oxygen atoms in total. The molecule has 3 aromatic rings. The van der Waals surface area contributed by atoms with Gasteiger partial charge in [0.05, 0.1) is 11.4 Å². The second-order valence-electron chi connectivity index (χ2n) is 7.55. The van der Waals surface area contributed by atoms with Crippen molar-refractivity contribution in [3.63, 3.8) is 0 Å². The summed E-state index contributed by atoms with van der Waals surface area (Å²) in [5.74, 6) is -0.402. The molecule has 1 atom stereocenters. The molecule has 0 aliphatic rings. The zero-order valence-electron chi connectivity index (χ0n) is 16.6. The van der Waals surface area contributed by atoms with Gasteiger partial charge in [0, 0.05) is 33.5 Å². The second-order valence-corrected chi connectivity index (χ2v) is 8.23. The Balaban J connectivity index is 2.04. The van der Waals surface area contributed by atoms with Crippen LogP contribution in [0.1, 0.15) is 37.6 Å². The second kappa shape index (κ2) is 9.18. The van der Waals surface area contributed by atoms with Crippen LogP contribution in [0.15, 0.2) is 81.1 Å². The van der Waals surface area contributed by atoms with Crippen molar-refractivity contribution in [2.45, 2.75) is 38.8 Å². The number of carbonyl (C=O) groups excluding carboxylic acids is 1. The van der Waals surface area contributed by atoms with Crippen molar-refractivity contribution in [1.29, 1.82) is 0 Å². The zero-order valence-corrected chi connectivity index (χ0v) is 18.2. The van der Waals surface area contributed by atoms with Crippen LogP contribution in [0.25, 0.3) is 0 Å². The minimum Gasteiger partial charge on any atom is -0.458 e. The lowest BCUT2D eigenvalue weighted by Crippen LogP contribution is -2.33. The molecular weight excluding hydrogens is 432 g/mol. The fraction of sp³-hybridized carbons (Fsp3) is 0.261. The van der Waals surface area contributed by atoms with Gasteiger partial charge in [-0.2, -0.15) is 0 Å². The molecule has 0 aliphatic heterocycles. The van der Waals surface area contributed by atoms with Crippen LogP contribution in [0.2, 0.25) is 0 Å². The van der Waals surface area contributed by atoms with Crippen LogP contribution < -0.4 is 0 Å². The van der Waals surface area contributed by atoms with Gasteiger partial charge in [0.1, 0.15) is 11.9 Å². The highest BCUT2D eigenvalue weighted by atomic mass is 79.9. The van der Waals surface area contributed by atoms with Crippen molar-refractivity contribution in [1.82, 2.24) is 4.98 Å². The van der Waals surface area contributed by atoms with Gasteiger partial charge < -0.3 is 9.15 Å². The van der Waals surface area contributed by atoms with Gasteiger partial charge in [-0.15, -0.1) is 0 Å². The van der Waals surface area contributed by atoms with Crippen molar-refractivity contribution in [3.05, 3.63) is 88.5 Å². The Kier molecular flexibility index (Phi) is 6.64. The van der Waals surface area contributed by atoms with Crippen molar-refractivity contribution in [2.24, 2.45) is 4.99 Å². The summed E-state index contributed by atoms with van der Waals surface area (Å²) in [6, 6.07) is 18.8. The number of halogens is 1. The highest BCUT2D eigenvalue weighted by Gasteiger charge is 2.27. The summed E-state index contributed by atoms with van der Waals surface area (Å²) in [4.78, 5) is 22.4. The number of aliphatic imine (C=N–C) groups is 1. The maximum absolute atomic E-state index is 13.0. The van der Waals surface area contributed by atoms with E-state index in [1.165, 1.54) is 6.26 Å². The van der Waals surface area contributed by atoms with Crippen LogP contribution in [0.4, 0.5) is 0 Å². The van der Waals surface area contributed by atoms with E-state index in [2.05, 4.69) is 20.9 Å². The first-order valence-electron chi connectivity index (χ1n) is 9.33. The highest BCUT2D eigenvalue weighted by molar-refractivity contribution is 9.10. The molecule has 2 aromatic carbocycles. The fourth-order valence-electron chi connectivity index (χ4n) is 2.79. The molecule has 150 valence electrons. The molecule has 0 spiro atoms. The minimum atomic E-state index is -0.762. The Labute approximate surface area is 179 Å². The Morgan fingerprint density at radius 1 is 1.07 bits per heavy atom. The Morgan fingerprint density at radius 2 is 1.62 bits per heavy atom. The molecule has 0 fully saturated rings. The lowest BCUT2D eigenvalue weighted by atomic mass is 10.0. The Hall–Kier alpha value is -2.73. The average molecular weight is 455 g/mol. The number of hydrogen-bond acceptors (Lipinski definition) is 5. The molecule has 0 bridgehead atoms. The monoisotopic (exact) mass is 454 g/mol. The van der Waals surface area contributed by atoms with Gasteiger partial charge in [-0.1, -0.05) is 60.7 Å². The number of benzene rings is 2. The molecule has 0 amide bonds. The largest absolute Gasteiger partial charge is 0.458 e. The smallest absolute Gasteiger partial charge is 0.331 e. The summed E-state index contributed by atoms with van der Waals surface area (Å²) in [5, 5.41) is 0. The molecule has 0 N–H and O–H groups in total. The molecule has 0 saturated heterocycles. The van der Waals surface area contributed by atoms with Gasteiger partial charge in [-0.3, -0.25) is 4.99 Å². The number of oxazole rings is 1. The lowest BCUT2D eigenvalue weighted by molar-refractivity contribution is -0.156. The van der Waals surface area contributed by atoms with Crippen molar-refractivity contribution in [3.8, 4) is 0 Å². The van der Waals surface area contributed by atoms with Crippen LogP contribution in [-0.2, 0) is 16.0 Å². The molecule has 0 aliphatic carbocycles. The molecule has 3 rings (SSSR count). The quantitative estimate of drug-likeness (QED) is 0.377. The van der Waals surface area contributed by atoms with E-state index >= 15 is 0 Å². The van der Waals surface area contributed by atoms with Crippen molar-refractivity contribution >= 4 is 27.6 Å². The molecule has 6 heteroatoms. The van der Waals surface area contributed by atoms with Gasteiger partial charge in [-0.05, 0) is 20.8 Å². The SMILES string of the molecule is CC(C)(C)OC(=O)[C@H](Cc1coc(Br)n1)N=C(c1ccccc1)c1ccccc1. The van der Waals surface area contributed by atoms with Crippen LogP contribution >= 0.6 is 15.9 Å². The normalized spacial score (nSPS) is 12.3. The van der Waals surface area contributed by atoms with Gasteiger partial charge in [0.15, 0.2) is 6.04 Å². The maximum Gasteiger partial charge on any atom is 0.331 e. The lowest BCUT2D eigenvalue weighted by Gasteiger charge is -2.22. The number of ether oxygens (including phenoxy) is 1. The van der Waals surface area contributed by atoms with Gasteiger partial charge >= 0.3 is 5.97 Å². The zero-order chi connectivity index (χ0) is 20.9. The third-order valence-corrected chi connectivity index (χ3v) is 4.35. The predicted molar refractivity (Wildman–Crippen MR) is 116 cm³/mol. The summed E-state index contributed by atoms with van der Waals surface area (Å²) in [5.41, 5.74) is 2.58. The van der Waals surface area contributed by atoms with Gasteiger partial charge in [-0.25, -0.2) is 9.78 Å². The van der Waals surface area contributed by atoms with Crippen LogP contribution in [0, 0.1) is 0 Å². The molecule has 1 heterocycles. The predicted octanol–water partition coefficient (Wildman–Crippen LogP) is 5.23. The molecule has 0 radical (unpaired) electrons. The molecule has 29 heavy (non-hydrogen) atoms. The molecule has 0 saturated carbocycles. The highest BCUT2D eigenvalue weighted by Crippen LogP contribution is 2.18. The number of hydrogen-bond donors (Lipinski definition) is 0. The Bertz CT molecular complexity index is 935. The fourth-order valence-corrected chi connectivity index (χ4v) is 3.11. The van der Waals surface area contributed by atoms with E-state index < -0.39 is 17.6 Å². The maximum atomic E-state index is 13.0.